The first-order valence-electron chi connectivity index (χ1n) is 15.1. The maximum atomic E-state index is 2.40. The second-order valence-electron chi connectivity index (χ2n) is 10.5. The summed E-state index contributed by atoms with van der Waals surface area (Å²) in [5.41, 5.74) is 7.56. The van der Waals surface area contributed by atoms with Gasteiger partial charge >= 0.3 is 0 Å². The van der Waals surface area contributed by atoms with Gasteiger partial charge in [0.15, 0.2) is 0 Å². The van der Waals surface area contributed by atoms with Gasteiger partial charge in [0.2, 0.25) is 0 Å². The van der Waals surface area contributed by atoms with E-state index in [4.69, 9.17) is 0 Å². The maximum absolute atomic E-state index is 2.40. The van der Waals surface area contributed by atoms with Gasteiger partial charge in [0, 0.05) is 72.5 Å². The van der Waals surface area contributed by atoms with Crippen LogP contribution in [0.3, 0.4) is 0 Å². The minimum atomic E-state index is 1.25. The average molecular weight is 763 g/mol. The number of rotatable bonds is 11. The van der Waals surface area contributed by atoms with Crippen LogP contribution in [0.5, 0.6) is 0 Å². The van der Waals surface area contributed by atoms with Crippen LogP contribution in [0.15, 0.2) is 140 Å². The molecule has 48 heavy (non-hydrogen) atoms. The Hall–Kier alpha value is -3.44. The third kappa shape index (κ3) is 6.72. The zero-order valence-electron chi connectivity index (χ0n) is 25.3. The summed E-state index contributed by atoms with van der Waals surface area (Å²) in [5.74, 6) is 0. The van der Waals surface area contributed by atoms with Crippen LogP contribution >= 0.6 is 90.7 Å². The van der Waals surface area contributed by atoms with Crippen molar-refractivity contribution < 1.29 is 0 Å². The van der Waals surface area contributed by atoms with Gasteiger partial charge < -0.3 is 0 Å². The van der Waals surface area contributed by atoms with E-state index in [-0.39, 0.29) is 0 Å². The van der Waals surface area contributed by atoms with Crippen LogP contribution in [-0.4, -0.2) is 0 Å². The van der Waals surface area contributed by atoms with Crippen LogP contribution in [0.25, 0.3) is 45.6 Å². The number of thiophene rings is 8. The predicted octanol–water partition coefficient (Wildman–Crippen LogP) is 15.2. The minimum Gasteiger partial charge on any atom is -0.144 e. The molecule has 0 amide bonds. The van der Waals surface area contributed by atoms with Crippen LogP contribution in [0, 0.1) is 0 Å². The van der Waals surface area contributed by atoms with Crippen LogP contribution in [0.1, 0.15) is 39.0 Å². The molecule has 0 aliphatic rings. The summed E-state index contributed by atoms with van der Waals surface area (Å²) in [6.45, 7) is 0. The van der Waals surface area contributed by atoms with Gasteiger partial charge in [-0.05, 0) is 104 Å². The van der Waals surface area contributed by atoms with E-state index in [2.05, 4.69) is 152 Å². The molecule has 0 atom stereocenters. The molecule has 234 valence electrons. The quantitative estimate of drug-likeness (QED) is 0.115. The molecule has 0 saturated heterocycles. The fourth-order valence-corrected chi connectivity index (χ4v) is 11.6. The molecule has 0 saturated carbocycles. The van der Waals surface area contributed by atoms with Crippen molar-refractivity contribution in [3.05, 3.63) is 179 Å². The molecule has 0 bridgehead atoms. The van der Waals surface area contributed by atoms with Crippen molar-refractivity contribution in [2.24, 2.45) is 0 Å². The third-order valence-electron chi connectivity index (χ3n) is 7.59. The van der Waals surface area contributed by atoms with Crippen molar-refractivity contribution in [3.63, 3.8) is 0 Å². The number of hydrogen-bond donors (Lipinski definition) is 0. The fraction of sp³-hybridized carbons (Fsp3) is 0. The zero-order chi connectivity index (χ0) is 32.1. The van der Waals surface area contributed by atoms with Gasteiger partial charge in [-0.3, -0.25) is 0 Å². The molecule has 0 aliphatic carbocycles. The predicted molar refractivity (Wildman–Crippen MR) is 224 cm³/mol. The van der Waals surface area contributed by atoms with Crippen molar-refractivity contribution in [1.82, 2.24) is 0 Å². The molecular formula is C40H26S8. The minimum absolute atomic E-state index is 1.25. The van der Waals surface area contributed by atoms with Crippen molar-refractivity contribution in [1.29, 1.82) is 0 Å². The lowest BCUT2D eigenvalue weighted by molar-refractivity contribution is 1.75. The lowest BCUT2D eigenvalue weighted by Gasteiger charge is -2.23. The highest BCUT2D eigenvalue weighted by atomic mass is 32.1. The first-order chi connectivity index (χ1) is 23.8. The third-order valence-corrected chi connectivity index (χ3v) is 14.6. The van der Waals surface area contributed by atoms with Gasteiger partial charge in [-0.15, -0.1) is 90.7 Å². The molecular weight excluding hydrogens is 737 g/mol. The van der Waals surface area contributed by atoms with Crippen molar-refractivity contribution in [2.45, 2.75) is 0 Å². The Kier molecular flexibility index (Phi) is 9.93. The Morgan fingerprint density at radius 2 is 0.562 bits per heavy atom. The van der Waals surface area contributed by atoms with Gasteiger partial charge in [-0.25, -0.2) is 0 Å². The molecule has 8 heterocycles. The van der Waals surface area contributed by atoms with Crippen LogP contribution in [-0.2, 0) is 0 Å². The van der Waals surface area contributed by atoms with Crippen LogP contribution < -0.4 is 0 Å². The molecule has 0 unspecified atom stereocenters. The van der Waals surface area contributed by atoms with Crippen molar-refractivity contribution in [2.75, 3.05) is 0 Å². The highest BCUT2D eigenvalue weighted by Crippen LogP contribution is 2.53. The van der Waals surface area contributed by atoms with Gasteiger partial charge in [-0.2, -0.15) is 0 Å². The molecule has 0 aromatic carbocycles. The molecule has 8 aromatic rings. The van der Waals surface area contributed by atoms with Crippen LogP contribution in [0.4, 0.5) is 0 Å². The SMILES string of the molecule is C(=C(/C(=C(C(=C(/C(=C\c1cccs1)c1cccs1)c1cccs1)c1cccs1)c1cccs1)c1cccs1)c1cccs1)/c1cccs1. The number of allylic oxidation sites excluding steroid dienone is 6. The summed E-state index contributed by atoms with van der Waals surface area (Å²) in [6, 6.07) is 35.6. The van der Waals surface area contributed by atoms with E-state index < -0.39 is 0 Å². The topological polar surface area (TPSA) is 0 Å². The Labute approximate surface area is 312 Å². The van der Waals surface area contributed by atoms with Gasteiger partial charge in [0.1, 0.15) is 0 Å². The molecule has 0 radical (unpaired) electrons. The van der Waals surface area contributed by atoms with Gasteiger partial charge in [0.05, 0.1) is 0 Å². The van der Waals surface area contributed by atoms with E-state index in [9.17, 15) is 0 Å². The molecule has 0 spiro atoms. The van der Waals surface area contributed by atoms with Crippen molar-refractivity contribution in [3.8, 4) is 0 Å². The summed E-state index contributed by atoms with van der Waals surface area (Å²) < 4.78 is 0. The Morgan fingerprint density at radius 1 is 0.292 bits per heavy atom. The summed E-state index contributed by atoms with van der Waals surface area (Å²) in [7, 11) is 0. The molecule has 0 nitrogen and oxygen atoms in total. The van der Waals surface area contributed by atoms with Gasteiger partial charge in [-0.1, -0.05) is 48.5 Å². The maximum Gasteiger partial charge on any atom is 0.0356 e. The van der Waals surface area contributed by atoms with E-state index in [1.807, 2.05) is 45.3 Å². The molecule has 0 N–H and O–H groups in total. The fourth-order valence-electron chi connectivity index (χ4n) is 5.64. The average Bonchev–Trinajstić information content (AvgIpc) is 3.98. The number of hydrogen-bond acceptors (Lipinski definition) is 8. The van der Waals surface area contributed by atoms with Crippen molar-refractivity contribution >= 4 is 136 Å². The molecule has 8 heteroatoms. The van der Waals surface area contributed by atoms with Crippen LogP contribution in [0.2, 0.25) is 0 Å². The van der Waals surface area contributed by atoms with Gasteiger partial charge in [0.25, 0.3) is 0 Å². The largest absolute Gasteiger partial charge is 0.144 e. The summed E-state index contributed by atoms with van der Waals surface area (Å²) in [4.78, 5) is 10.0. The first kappa shape index (κ1) is 31.8. The Bertz CT molecular complexity index is 2100. The van der Waals surface area contributed by atoms with E-state index in [1.54, 1.807) is 45.3 Å². The molecule has 0 fully saturated rings. The monoisotopic (exact) mass is 762 g/mol. The molecule has 8 aromatic heterocycles. The summed E-state index contributed by atoms with van der Waals surface area (Å²) in [5, 5.41) is 17.6. The summed E-state index contributed by atoms with van der Waals surface area (Å²) in [6.07, 6.45) is 4.80. The van der Waals surface area contributed by atoms with E-state index in [0.29, 0.717) is 0 Å². The smallest absolute Gasteiger partial charge is 0.0356 e. The first-order valence-corrected chi connectivity index (χ1v) is 22.1. The normalized spacial score (nSPS) is 13.5. The molecule has 8 rings (SSSR count). The molecule has 0 aliphatic heterocycles. The lowest BCUT2D eigenvalue weighted by Crippen LogP contribution is -2.00. The summed E-state index contributed by atoms with van der Waals surface area (Å²) >= 11 is 14.4. The Morgan fingerprint density at radius 3 is 0.833 bits per heavy atom. The standard InChI is InChI=1S/C40H26S8/c1-9-27(41-17-1)25-29(31-11-3-19-43-31)37(33-13-5-21-45-33)39(35-15-7-23-47-35)40(36-16-8-24-48-36)38(34-14-6-22-46-34)30(32-12-4-20-44-32)26-28-10-2-18-42-28/h1-26H/b29-25-,30-26-,39-37?,40-38?. The lowest BCUT2D eigenvalue weighted by atomic mass is 9.85. The van der Waals surface area contributed by atoms with E-state index in [0.717, 1.165) is 0 Å². The highest BCUT2D eigenvalue weighted by Gasteiger charge is 2.29. The Balaban J connectivity index is 1.58. The second kappa shape index (κ2) is 15.0. The second-order valence-corrected chi connectivity index (χ2v) is 18.2. The highest BCUT2D eigenvalue weighted by molar-refractivity contribution is 7.16. The van der Waals surface area contributed by atoms with E-state index in [1.165, 1.54) is 72.5 Å². The van der Waals surface area contributed by atoms with E-state index >= 15 is 0 Å². The zero-order valence-corrected chi connectivity index (χ0v) is 31.8.